The molecular formula is C18H32N6O2. The Morgan fingerprint density at radius 3 is 2.81 bits per heavy atom. The summed E-state index contributed by atoms with van der Waals surface area (Å²) in [6, 6.07) is 0. The molecule has 1 amide bonds. The van der Waals surface area contributed by atoms with Crippen LogP contribution < -0.4 is 0 Å². The molecule has 26 heavy (non-hydrogen) atoms. The molecule has 0 radical (unpaired) electrons. The number of hydrogen-bond acceptors (Lipinski definition) is 6. The molecule has 0 N–H and O–H groups in total. The van der Waals surface area contributed by atoms with E-state index >= 15 is 0 Å². The van der Waals surface area contributed by atoms with Gasteiger partial charge in [0.1, 0.15) is 0 Å². The van der Waals surface area contributed by atoms with Crippen molar-refractivity contribution in [2.75, 3.05) is 39.9 Å². The summed E-state index contributed by atoms with van der Waals surface area (Å²) < 4.78 is 7.13. The molecule has 8 nitrogen and oxygen atoms in total. The van der Waals surface area contributed by atoms with Crippen LogP contribution in [-0.4, -0.2) is 75.8 Å². The summed E-state index contributed by atoms with van der Waals surface area (Å²) in [6.07, 6.45) is 8.34. The van der Waals surface area contributed by atoms with Crippen molar-refractivity contribution in [3.8, 4) is 0 Å². The van der Waals surface area contributed by atoms with E-state index in [1.165, 1.54) is 32.1 Å². The van der Waals surface area contributed by atoms with Gasteiger partial charge in [0, 0.05) is 33.1 Å². The topological polar surface area (TPSA) is 76.4 Å². The van der Waals surface area contributed by atoms with E-state index in [9.17, 15) is 4.79 Å². The molecule has 0 atom stereocenters. The van der Waals surface area contributed by atoms with Gasteiger partial charge in [0.05, 0.1) is 26.3 Å². The zero-order valence-corrected chi connectivity index (χ0v) is 16.0. The first-order valence-electron chi connectivity index (χ1n) is 10.0. The van der Waals surface area contributed by atoms with Gasteiger partial charge in [-0.25, -0.2) is 4.68 Å². The van der Waals surface area contributed by atoms with Crippen molar-refractivity contribution in [2.45, 2.75) is 58.0 Å². The number of carbonyl (C=O) groups is 1. The summed E-state index contributed by atoms with van der Waals surface area (Å²) in [6.45, 7) is 5.41. The van der Waals surface area contributed by atoms with Crippen molar-refractivity contribution in [3.63, 3.8) is 0 Å². The SMILES string of the molecule is CN(CCCC1CCCC1)C(=O)CCn1nnnc1CN1CCOCC1. The van der Waals surface area contributed by atoms with Crippen molar-refractivity contribution in [1.29, 1.82) is 0 Å². The third-order valence-electron chi connectivity index (χ3n) is 5.62. The van der Waals surface area contributed by atoms with Crippen LogP contribution in [0.5, 0.6) is 0 Å². The number of amides is 1. The van der Waals surface area contributed by atoms with E-state index in [1.807, 2.05) is 11.9 Å². The molecule has 1 aromatic rings. The highest BCUT2D eigenvalue weighted by Gasteiger charge is 2.17. The number of ether oxygens (including phenoxy) is 1. The van der Waals surface area contributed by atoms with Crippen LogP contribution in [0, 0.1) is 5.92 Å². The van der Waals surface area contributed by atoms with Crippen LogP contribution in [0.2, 0.25) is 0 Å². The average Bonchev–Trinajstić information content (AvgIpc) is 3.32. The molecule has 2 aliphatic rings. The summed E-state index contributed by atoms with van der Waals surface area (Å²) in [7, 11) is 1.91. The molecule has 3 rings (SSSR count). The number of hydrogen-bond donors (Lipinski definition) is 0. The summed E-state index contributed by atoms with van der Waals surface area (Å²) in [5.41, 5.74) is 0. The molecular weight excluding hydrogens is 332 g/mol. The van der Waals surface area contributed by atoms with Crippen molar-refractivity contribution < 1.29 is 9.53 Å². The van der Waals surface area contributed by atoms with Crippen molar-refractivity contribution >= 4 is 5.91 Å². The molecule has 1 aliphatic carbocycles. The van der Waals surface area contributed by atoms with Gasteiger partial charge in [-0.05, 0) is 29.2 Å². The van der Waals surface area contributed by atoms with Gasteiger partial charge in [-0.1, -0.05) is 25.7 Å². The number of morpholine rings is 1. The lowest BCUT2D eigenvalue weighted by Gasteiger charge is -2.25. The molecule has 2 fully saturated rings. The van der Waals surface area contributed by atoms with Crippen molar-refractivity contribution in [3.05, 3.63) is 5.82 Å². The van der Waals surface area contributed by atoms with E-state index in [1.54, 1.807) is 4.68 Å². The second-order valence-corrected chi connectivity index (χ2v) is 7.56. The normalized spacial score (nSPS) is 19.1. The van der Waals surface area contributed by atoms with Crippen LogP contribution in [0.1, 0.15) is 50.8 Å². The third kappa shape index (κ3) is 5.74. The molecule has 1 saturated carbocycles. The number of nitrogens with zero attached hydrogens (tertiary/aromatic N) is 6. The lowest BCUT2D eigenvalue weighted by molar-refractivity contribution is -0.130. The van der Waals surface area contributed by atoms with Gasteiger partial charge >= 0.3 is 0 Å². The Morgan fingerprint density at radius 1 is 1.27 bits per heavy atom. The summed E-state index contributed by atoms with van der Waals surface area (Å²) >= 11 is 0. The van der Waals surface area contributed by atoms with Gasteiger partial charge in [-0.15, -0.1) is 5.10 Å². The molecule has 0 bridgehead atoms. The van der Waals surface area contributed by atoms with Gasteiger partial charge in [0.2, 0.25) is 5.91 Å². The molecule has 0 spiro atoms. The number of aromatic nitrogens is 4. The van der Waals surface area contributed by atoms with Crippen LogP contribution in [0.4, 0.5) is 0 Å². The third-order valence-corrected chi connectivity index (χ3v) is 5.62. The summed E-state index contributed by atoms with van der Waals surface area (Å²) in [4.78, 5) is 16.5. The molecule has 0 aromatic carbocycles. The van der Waals surface area contributed by atoms with Gasteiger partial charge in [-0.3, -0.25) is 9.69 Å². The second-order valence-electron chi connectivity index (χ2n) is 7.56. The first-order chi connectivity index (χ1) is 12.7. The fourth-order valence-electron chi connectivity index (χ4n) is 3.90. The molecule has 8 heteroatoms. The van der Waals surface area contributed by atoms with E-state index in [0.717, 1.165) is 51.0 Å². The average molecular weight is 364 g/mol. The maximum absolute atomic E-state index is 12.4. The zero-order valence-electron chi connectivity index (χ0n) is 16.0. The monoisotopic (exact) mass is 364 g/mol. The van der Waals surface area contributed by atoms with E-state index in [0.29, 0.717) is 19.5 Å². The van der Waals surface area contributed by atoms with Crippen LogP contribution in [0.15, 0.2) is 0 Å². The number of carbonyl (C=O) groups excluding carboxylic acids is 1. The minimum absolute atomic E-state index is 0.171. The van der Waals surface area contributed by atoms with E-state index in [-0.39, 0.29) is 5.91 Å². The molecule has 1 saturated heterocycles. The highest BCUT2D eigenvalue weighted by atomic mass is 16.5. The maximum Gasteiger partial charge on any atom is 0.224 e. The van der Waals surface area contributed by atoms with Crippen LogP contribution in [0.3, 0.4) is 0 Å². The van der Waals surface area contributed by atoms with Gasteiger partial charge in [0.15, 0.2) is 5.82 Å². The first kappa shape index (κ1) is 19.2. The molecule has 2 heterocycles. The predicted molar refractivity (Wildman–Crippen MR) is 97.4 cm³/mol. The highest BCUT2D eigenvalue weighted by Crippen LogP contribution is 2.28. The zero-order chi connectivity index (χ0) is 18.2. The Labute approximate surface area is 155 Å². The van der Waals surface area contributed by atoms with Crippen LogP contribution in [0.25, 0.3) is 0 Å². The number of aryl methyl sites for hydroxylation is 1. The fourth-order valence-corrected chi connectivity index (χ4v) is 3.90. The Bertz CT molecular complexity index is 552. The van der Waals surface area contributed by atoms with Gasteiger partial charge < -0.3 is 9.64 Å². The Hall–Kier alpha value is -1.54. The predicted octanol–water partition coefficient (Wildman–Crippen LogP) is 1.32. The van der Waals surface area contributed by atoms with Crippen LogP contribution in [-0.2, 0) is 22.6 Å². The van der Waals surface area contributed by atoms with E-state index in [2.05, 4.69) is 20.4 Å². The van der Waals surface area contributed by atoms with Gasteiger partial charge in [0.25, 0.3) is 0 Å². The molecule has 1 aromatic heterocycles. The Balaban J connectivity index is 1.37. The molecule has 146 valence electrons. The lowest BCUT2D eigenvalue weighted by atomic mass is 10.0. The van der Waals surface area contributed by atoms with Gasteiger partial charge in [-0.2, -0.15) is 0 Å². The fraction of sp³-hybridized carbons (Fsp3) is 0.889. The number of rotatable bonds is 9. The Morgan fingerprint density at radius 2 is 2.04 bits per heavy atom. The van der Waals surface area contributed by atoms with Crippen molar-refractivity contribution in [2.24, 2.45) is 5.92 Å². The van der Waals surface area contributed by atoms with Crippen molar-refractivity contribution in [1.82, 2.24) is 30.0 Å². The molecule has 1 aliphatic heterocycles. The first-order valence-corrected chi connectivity index (χ1v) is 10.0. The Kier molecular flexibility index (Phi) is 7.37. The minimum Gasteiger partial charge on any atom is -0.379 e. The highest BCUT2D eigenvalue weighted by molar-refractivity contribution is 5.75. The van der Waals surface area contributed by atoms with E-state index in [4.69, 9.17) is 4.74 Å². The minimum atomic E-state index is 0.171. The maximum atomic E-state index is 12.4. The van der Waals surface area contributed by atoms with E-state index < -0.39 is 0 Å². The number of tetrazole rings is 1. The standard InChI is InChI=1S/C18H32N6O2/c1-22(9-4-7-16-5-2-3-6-16)18(25)8-10-24-17(19-20-21-24)15-23-11-13-26-14-12-23/h16H,2-15H2,1H3. The summed E-state index contributed by atoms with van der Waals surface area (Å²) in [5, 5.41) is 12.0. The second kappa shape index (κ2) is 9.97. The molecule has 0 unspecified atom stereocenters. The largest absolute Gasteiger partial charge is 0.379 e. The summed E-state index contributed by atoms with van der Waals surface area (Å²) in [5.74, 6) is 1.88. The smallest absolute Gasteiger partial charge is 0.224 e. The quantitative estimate of drug-likeness (QED) is 0.658. The lowest BCUT2D eigenvalue weighted by Crippen LogP contribution is -2.36. The van der Waals surface area contributed by atoms with Crippen LogP contribution >= 0.6 is 0 Å².